The highest BCUT2D eigenvalue weighted by atomic mass is 16.5. The Labute approximate surface area is 156 Å². The summed E-state index contributed by atoms with van der Waals surface area (Å²) in [5.74, 6) is -0.0549. The van der Waals surface area contributed by atoms with E-state index in [4.69, 9.17) is 4.74 Å². The van der Waals surface area contributed by atoms with Gasteiger partial charge >= 0.3 is 0 Å². The highest BCUT2D eigenvalue weighted by Gasteiger charge is 2.20. The minimum Gasteiger partial charge on any atom is -0.378 e. The zero-order valence-electron chi connectivity index (χ0n) is 16.0. The molecule has 0 bridgehead atoms. The lowest BCUT2D eigenvalue weighted by Crippen LogP contribution is -2.39. The van der Waals surface area contributed by atoms with Gasteiger partial charge in [0.05, 0.1) is 24.6 Å². The molecule has 144 valence electrons. The molecular formula is C20H31N3O3. The summed E-state index contributed by atoms with van der Waals surface area (Å²) in [6.07, 6.45) is 3.56. The number of hydrogen-bond donors (Lipinski definition) is 1. The highest BCUT2D eigenvalue weighted by Crippen LogP contribution is 2.30. The molecule has 1 N–H and O–H groups in total. The molecule has 26 heavy (non-hydrogen) atoms. The molecule has 1 saturated heterocycles. The molecule has 1 heterocycles. The van der Waals surface area contributed by atoms with Crippen molar-refractivity contribution in [1.29, 1.82) is 0 Å². The number of morpholine rings is 1. The smallest absolute Gasteiger partial charge is 0.223 e. The first-order chi connectivity index (χ1) is 12.6. The number of para-hydroxylation sites is 2. The molecule has 1 aromatic rings. The van der Waals surface area contributed by atoms with Gasteiger partial charge in [-0.1, -0.05) is 31.9 Å². The average molecular weight is 361 g/mol. The van der Waals surface area contributed by atoms with Gasteiger partial charge in [0.2, 0.25) is 11.8 Å². The molecule has 6 heteroatoms. The molecule has 0 radical (unpaired) electrons. The minimum absolute atomic E-state index is 0.00351. The molecule has 0 atom stereocenters. The van der Waals surface area contributed by atoms with Crippen LogP contribution in [0.3, 0.4) is 0 Å². The number of benzene rings is 1. The summed E-state index contributed by atoms with van der Waals surface area (Å²) in [4.78, 5) is 28.3. The van der Waals surface area contributed by atoms with Crippen LogP contribution in [0.1, 0.15) is 39.5 Å². The maximum atomic E-state index is 12.2. The van der Waals surface area contributed by atoms with Crippen LogP contribution in [0.4, 0.5) is 11.4 Å². The number of rotatable bonds is 9. The van der Waals surface area contributed by atoms with Crippen LogP contribution < -0.4 is 15.1 Å². The van der Waals surface area contributed by atoms with E-state index in [0.29, 0.717) is 32.7 Å². The van der Waals surface area contributed by atoms with E-state index in [1.165, 1.54) is 0 Å². The molecule has 1 aliphatic rings. The van der Waals surface area contributed by atoms with Gasteiger partial charge in [0.15, 0.2) is 0 Å². The maximum Gasteiger partial charge on any atom is 0.223 e. The van der Waals surface area contributed by atoms with E-state index in [0.717, 1.165) is 43.7 Å². The van der Waals surface area contributed by atoms with Crippen LogP contribution in [-0.2, 0) is 14.3 Å². The third kappa shape index (κ3) is 6.02. The van der Waals surface area contributed by atoms with Crippen molar-refractivity contribution in [3.05, 3.63) is 24.3 Å². The second-order valence-electron chi connectivity index (χ2n) is 6.57. The molecular weight excluding hydrogens is 330 g/mol. The fourth-order valence-electron chi connectivity index (χ4n) is 3.12. The summed E-state index contributed by atoms with van der Waals surface area (Å²) in [7, 11) is 0. The van der Waals surface area contributed by atoms with Gasteiger partial charge in [0.1, 0.15) is 0 Å². The Morgan fingerprint density at radius 2 is 1.92 bits per heavy atom. The number of anilines is 2. The number of hydrogen-bond acceptors (Lipinski definition) is 4. The van der Waals surface area contributed by atoms with Gasteiger partial charge < -0.3 is 19.9 Å². The molecule has 0 unspecified atom stereocenters. The number of ether oxygens (including phenoxy) is 1. The standard InChI is InChI=1S/C20H31N3O3/c1-3-4-7-11-21-20(25)10-12-23(17(2)24)19-9-6-5-8-18(19)22-13-15-26-16-14-22/h5-6,8-9H,3-4,7,10-16H2,1-2H3,(H,21,25). The van der Waals surface area contributed by atoms with Gasteiger partial charge in [-0.2, -0.15) is 0 Å². The fourth-order valence-corrected chi connectivity index (χ4v) is 3.12. The van der Waals surface area contributed by atoms with E-state index in [2.05, 4.69) is 17.1 Å². The second kappa shape index (κ2) is 10.8. The van der Waals surface area contributed by atoms with Crippen molar-refractivity contribution >= 4 is 23.2 Å². The normalized spacial score (nSPS) is 14.2. The van der Waals surface area contributed by atoms with Crippen molar-refractivity contribution < 1.29 is 14.3 Å². The van der Waals surface area contributed by atoms with Gasteiger partial charge in [-0.3, -0.25) is 9.59 Å². The van der Waals surface area contributed by atoms with Gasteiger partial charge in [-0.05, 0) is 18.6 Å². The van der Waals surface area contributed by atoms with Gasteiger partial charge in [0.25, 0.3) is 0 Å². The van der Waals surface area contributed by atoms with Crippen LogP contribution in [0.15, 0.2) is 24.3 Å². The van der Waals surface area contributed by atoms with Crippen molar-refractivity contribution in [2.75, 3.05) is 49.2 Å². The average Bonchev–Trinajstić information content (AvgIpc) is 2.66. The molecule has 2 rings (SSSR count). The lowest BCUT2D eigenvalue weighted by molar-refractivity contribution is -0.121. The SMILES string of the molecule is CCCCCNC(=O)CCN(C(C)=O)c1ccccc1N1CCOCC1. The Kier molecular flexibility index (Phi) is 8.41. The zero-order valence-corrected chi connectivity index (χ0v) is 16.0. The van der Waals surface area contributed by atoms with Crippen LogP contribution in [0.2, 0.25) is 0 Å². The minimum atomic E-state index is -0.0514. The van der Waals surface area contributed by atoms with Gasteiger partial charge in [-0.15, -0.1) is 0 Å². The fraction of sp³-hybridized carbons (Fsp3) is 0.600. The van der Waals surface area contributed by atoms with E-state index in [9.17, 15) is 9.59 Å². The summed E-state index contributed by atoms with van der Waals surface area (Å²) in [6.45, 7) is 7.77. The van der Waals surface area contributed by atoms with Crippen LogP contribution in [0.25, 0.3) is 0 Å². The maximum absolute atomic E-state index is 12.2. The number of amides is 2. The summed E-state index contributed by atoms with van der Waals surface area (Å²) in [5.41, 5.74) is 1.88. The highest BCUT2D eigenvalue weighted by molar-refractivity contribution is 5.96. The van der Waals surface area contributed by atoms with Crippen molar-refractivity contribution in [2.24, 2.45) is 0 Å². The number of carbonyl (C=O) groups is 2. The number of nitrogens with one attached hydrogen (secondary N) is 1. The summed E-state index contributed by atoms with van der Waals surface area (Å²) >= 11 is 0. The number of unbranched alkanes of at least 4 members (excludes halogenated alkanes) is 2. The van der Waals surface area contributed by atoms with Gasteiger partial charge in [0, 0.05) is 39.5 Å². The number of nitrogens with zero attached hydrogens (tertiary/aromatic N) is 2. The Bertz CT molecular complexity index is 585. The number of carbonyl (C=O) groups excluding carboxylic acids is 2. The van der Waals surface area contributed by atoms with E-state index in [1.54, 1.807) is 11.8 Å². The lowest BCUT2D eigenvalue weighted by atomic mass is 10.2. The molecule has 0 aliphatic carbocycles. The van der Waals surface area contributed by atoms with Crippen molar-refractivity contribution in [3.63, 3.8) is 0 Å². The first-order valence-corrected chi connectivity index (χ1v) is 9.60. The monoisotopic (exact) mass is 361 g/mol. The largest absolute Gasteiger partial charge is 0.378 e. The first-order valence-electron chi connectivity index (χ1n) is 9.60. The van der Waals surface area contributed by atoms with Crippen molar-refractivity contribution in [1.82, 2.24) is 5.32 Å². The van der Waals surface area contributed by atoms with Crippen molar-refractivity contribution in [2.45, 2.75) is 39.5 Å². The predicted molar refractivity (Wildman–Crippen MR) is 105 cm³/mol. The quantitative estimate of drug-likeness (QED) is 0.687. The summed E-state index contributed by atoms with van der Waals surface area (Å²) in [5, 5.41) is 2.94. The Balaban J connectivity index is 2.01. The first kappa shape index (κ1) is 20.2. The lowest BCUT2D eigenvalue weighted by Gasteiger charge is -2.33. The van der Waals surface area contributed by atoms with E-state index < -0.39 is 0 Å². The van der Waals surface area contributed by atoms with E-state index >= 15 is 0 Å². The van der Waals surface area contributed by atoms with Crippen LogP contribution in [-0.4, -0.2) is 51.2 Å². The Hall–Kier alpha value is -2.08. The van der Waals surface area contributed by atoms with Crippen LogP contribution in [0, 0.1) is 0 Å². The third-order valence-corrected chi connectivity index (χ3v) is 4.57. The zero-order chi connectivity index (χ0) is 18.8. The van der Waals surface area contributed by atoms with Gasteiger partial charge in [-0.25, -0.2) is 0 Å². The molecule has 6 nitrogen and oxygen atoms in total. The molecule has 1 fully saturated rings. The van der Waals surface area contributed by atoms with E-state index in [1.807, 2.05) is 24.3 Å². The second-order valence-corrected chi connectivity index (χ2v) is 6.57. The Morgan fingerprint density at radius 3 is 2.62 bits per heavy atom. The molecule has 1 aliphatic heterocycles. The molecule has 2 amide bonds. The molecule has 1 aromatic carbocycles. The van der Waals surface area contributed by atoms with Crippen molar-refractivity contribution in [3.8, 4) is 0 Å². The molecule has 0 spiro atoms. The topological polar surface area (TPSA) is 61.9 Å². The summed E-state index contributed by atoms with van der Waals surface area (Å²) < 4.78 is 5.43. The molecule has 0 aromatic heterocycles. The predicted octanol–water partition coefficient (Wildman–Crippen LogP) is 2.57. The summed E-state index contributed by atoms with van der Waals surface area (Å²) in [6, 6.07) is 7.89. The molecule has 0 saturated carbocycles. The van der Waals surface area contributed by atoms with E-state index in [-0.39, 0.29) is 11.8 Å². The third-order valence-electron chi connectivity index (χ3n) is 4.57. The Morgan fingerprint density at radius 1 is 1.19 bits per heavy atom. The van der Waals surface area contributed by atoms with Crippen LogP contribution >= 0.6 is 0 Å². The van der Waals surface area contributed by atoms with Crippen LogP contribution in [0.5, 0.6) is 0 Å².